The Kier molecular flexibility index (Phi) is 4.32. The van der Waals surface area contributed by atoms with Crippen LogP contribution in [0.1, 0.15) is 6.92 Å². The lowest BCUT2D eigenvalue weighted by Crippen LogP contribution is -1.77. The molecule has 0 aromatic rings. The lowest BCUT2D eigenvalue weighted by molar-refractivity contribution is -0.112. The van der Waals surface area contributed by atoms with Gasteiger partial charge < -0.3 is 0 Å². The predicted octanol–water partition coefficient (Wildman–Crippen LogP) is 0.887. The van der Waals surface area contributed by atoms with Crippen molar-refractivity contribution in [2.45, 2.75) is 6.92 Å². The van der Waals surface area contributed by atoms with Crippen LogP contribution in [0.15, 0.2) is 24.3 Å². The van der Waals surface area contributed by atoms with Crippen molar-refractivity contribution in [3.8, 4) is 0 Å². The van der Waals surface area contributed by atoms with E-state index in [2.05, 4.69) is 0 Å². The number of carbonyl (C=O) groups is 2. The maximum Gasteiger partial charge on any atom is 0.152 e. The third kappa shape index (κ3) is 6.82. The van der Waals surface area contributed by atoms with Crippen LogP contribution in [-0.4, -0.2) is 12.1 Å². The molecule has 0 rings (SSSR count). The molecule has 2 nitrogen and oxygen atoms in total. The van der Waals surface area contributed by atoms with Crippen LogP contribution < -0.4 is 0 Å². The third-order valence-electron chi connectivity index (χ3n) is 0.632. The van der Waals surface area contributed by atoms with E-state index in [1.165, 1.54) is 31.2 Å². The van der Waals surface area contributed by atoms with Gasteiger partial charge in [-0.05, 0) is 19.1 Å². The first-order valence-electron chi connectivity index (χ1n) is 2.56. The van der Waals surface area contributed by atoms with Crippen molar-refractivity contribution in [3.05, 3.63) is 24.3 Å². The number of hydrogen-bond acceptors (Lipinski definition) is 2. The van der Waals surface area contributed by atoms with E-state index in [9.17, 15) is 9.59 Å². The summed E-state index contributed by atoms with van der Waals surface area (Å²) in [5.41, 5.74) is 0. The van der Waals surface area contributed by atoms with Crippen molar-refractivity contribution < 1.29 is 9.59 Å². The third-order valence-corrected chi connectivity index (χ3v) is 0.632. The zero-order valence-corrected chi connectivity index (χ0v) is 5.20. The van der Waals surface area contributed by atoms with E-state index in [0.717, 1.165) is 0 Å². The molecule has 0 spiro atoms. The molecule has 0 aliphatic carbocycles. The number of rotatable bonds is 3. The first-order chi connectivity index (χ1) is 4.27. The van der Waals surface area contributed by atoms with Gasteiger partial charge >= 0.3 is 0 Å². The van der Waals surface area contributed by atoms with Crippen LogP contribution in [0.4, 0.5) is 0 Å². The Labute approximate surface area is 53.9 Å². The van der Waals surface area contributed by atoms with Crippen molar-refractivity contribution in [2.24, 2.45) is 0 Å². The number of aldehydes is 1. The highest BCUT2D eigenvalue weighted by atomic mass is 16.1. The number of ketones is 1. The van der Waals surface area contributed by atoms with E-state index < -0.39 is 0 Å². The van der Waals surface area contributed by atoms with Gasteiger partial charge in [-0.3, -0.25) is 9.59 Å². The van der Waals surface area contributed by atoms with Gasteiger partial charge in [0.2, 0.25) is 0 Å². The topological polar surface area (TPSA) is 34.1 Å². The second-order valence-corrected chi connectivity index (χ2v) is 1.49. The van der Waals surface area contributed by atoms with E-state index in [4.69, 9.17) is 0 Å². The van der Waals surface area contributed by atoms with Crippen molar-refractivity contribution in [2.75, 3.05) is 0 Å². The quantitative estimate of drug-likeness (QED) is 0.318. The Bertz CT molecular complexity index is 154. The predicted molar refractivity (Wildman–Crippen MR) is 35.0 cm³/mol. The van der Waals surface area contributed by atoms with E-state index >= 15 is 0 Å². The molecule has 0 radical (unpaired) electrons. The van der Waals surface area contributed by atoms with E-state index in [-0.39, 0.29) is 5.78 Å². The Morgan fingerprint density at radius 1 is 1.22 bits per heavy atom. The fourth-order valence-corrected chi connectivity index (χ4v) is 0.301. The SMILES string of the molecule is CC(=O)C=CC=CC=O. The minimum Gasteiger partial charge on any atom is -0.299 e. The molecule has 9 heavy (non-hydrogen) atoms. The molecule has 0 N–H and O–H groups in total. The van der Waals surface area contributed by atoms with Gasteiger partial charge in [-0.1, -0.05) is 12.2 Å². The highest BCUT2D eigenvalue weighted by molar-refractivity contribution is 5.87. The summed E-state index contributed by atoms with van der Waals surface area (Å²) < 4.78 is 0. The van der Waals surface area contributed by atoms with Crippen LogP contribution in [0.2, 0.25) is 0 Å². The molecule has 0 aliphatic rings. The number of hydrogen-bond donors (Lipinski definition) is 0. The molecule has 0 saturated carbocycles. The number of allylic oxidation sites excluding steroid dienone is 4. The van der Waals surface area contributed by atoms with Crippen molar-refractivity contribution in [3.63, 3.8) is 0 Å². The van der Waals surface area contributed by atoms with E-state index in [1.807, 2.05) is 0 Å². The normalized spacial score (nSPS) is 10.8. The minimum atomic E-state index is -0.0226. The lowest BCUT2D eigenvalue weighted by atomic mass is 10.4. The molecule has 0 saturated heterocycles. The molecule has 0 fully saturated rings. The first-order valence-corrected chi connectivity index (χ1v) is 2.56. The second-order valence-electron chi connectivity index (χ2n) is 1.49. The van der Waals surface area contributed by atoms with E-state index in [0.29, 0.717) is 6.29 Å². The highest BCUT2D eigenvalue weighted by Crippen LogP contribution is 1.75. The first kappa shape index (κ1) is 7.82. The summed E-state index contributed by atoms with van der Waals surface area (Å²) in [6.07, 6.45) is 6.40. The molecule has 0 unspecified atom stereocenters. The summed E-state index contributed by atoms with van der Waals surface area (Å²) in [4.78, 5) is 19.8. The maximum atomic E-state index is 10.2. The Hall–Kier alpha value is -1.18. The van der Waals surface area contributed by atoms with Gasteiger partial charge in [-0.15, -0.1) is 0 Å². The molecular formula is C7H8O2. The van der Waals surface area contributed by atoms with Gasteiger partial charge in [0, 0.05) is 0 Å². The maximum absolute atomic E-state index is 10.2. The monoisotopic (exact) mass is 124 g/mol. The van der Waals surface area contributed by atoms with Crippen LogP contribution in [0, 0.1) is 0 Å². The Morgan fingerprint density at radius 3 is 2.33 bits per heavy atom. The van der Waals surface area contributed by atoms with Crippen LogP contribution >= 0.6 is 0 Å². The smallest absolute Gasteiger partial charge is 0.152 e. The Balaban J connectivity index is 3.59. The largest absolute Gasteiger partial charge is 0.299 e. The van der Waals surface area contributed by atoms with Crippen molar-refractivity contribution in [1.29, 1.82) is 0 Å². The van der Waals surface area contributed by atoms with E-state index in [1.54, 1.807) is 0 Å². The van der Waals surface area contributed by atoms with Crippen molar-refractivity contribution >= 4 is 12.1 Å². The van der Waals surface area contributed by atoms with Gasteiger partial charge in [0.15, 0.2) is 5.78 Å². The fraction of sp³-hybridized carbons (Fsp3) is 0.143. The minimum absolute atomic E-state index is 0.0226. The molecule has 0 aromatic carbocycles. The Morgan fingerprint density at radius 2 is 1.89 bits per heavy atom. The molecule has 0 atom stereocenters. The summed E-state index contributed by atoms with van der Waals surface area (Å²) in [7, 11) is 0. The molecule has 0 bridgehead atoms. The van der Waals surface area contributed by atoms with Crippen molar-refractivity contribution in [1.82, 2.24) is 0 Å². The summed E-state index contributed by atoms with van der Waals surface area (Å²) in [5.74, 6) is -0.0226. The van der Waals surface area contributed by atoms with Crippen LogP contribution in [0.25, 0.3) is 0 Å². The van der Waals surface area contributed by atoms with Gasteiger partial charge in [0.1, 0.15) is 6.29 Å². The van der Waals surface area contributed by atoms with Crippen LogP contribution in [0.5, 0.6) is 0 Å². The fourth-order valence-electron chi connectivity index (χ4n) is 0.301. The van der Waals surface area contributed by atoms with Gasteiger partial charge in [-0.2, -0.15) is 0 Å². The lowest BCUT2D eigenvalue weighted by Gasteiger charge is -1.71. The second kappa shape index (κ2) is 4.97. The molecule has 0 amide bonds. The summed E-state index contributed by atoms with van der Waals surface area (Å²) in [5, 5.41) is 0. The molecule has 0 aliphatic heterocycles. The average molecular weight is 124 g/mol. The molecule has 48 valence electrons. The number of carbonyl (C=O) groups excluding carboxylic acids is 2. The van der Waals surface area contributed by atoms with Crippen LogP contribution in [0.3, 0.4) is 0 Å². The molecular weight excluding hydrogens is 116 g/mol. The summed E-state index contributed by atoms with van der Waals surface area (Å²) in [6.45, 7) is 1.45. The average Bonchev–Trinajstić information content (AvgIpc) is 1.80. The van der Waals surface area contributed by atoms with Gasteiger partial charge in [-0.25, -0.2) is 0 Å². The highest BCUT2D eigenvalue weighted by Gasteiger charge is 1.75. The van der Waals surface area contributed by atoms with Crippen LogP contribution in [-0.2, 0) is 9.59 Å². The molecule has 0 heterocycles. The standard InChI is InChI=1S/C7H8O2/c1-7(9)5-3-2-4-6-8/h2-6H,1H3. The molecule has 2 heteroatoms. The summed E-state index contributed by atoms with van der Waals surface area (Å²) in [6, 6.07) is 0. The van der Waals surface area contributed by atoms with Gasteiger partial charge in [0.05, 0.1) is 0 Å². The molecule has 0 aromatic heterocycles. The zero-order chi connectivity index (χ0) is 7.11. The zero-order valence-electron chi connectivity index (χ0n) is 5.20. The van der Waals surface area contributed by atoms with Gasteiger partial charge in [0.25, 0.3) is 0 Å². The summed E-state index contributed by atoms with van der Waals surface area (Å²) >= 11 is 0.